The summed E-state index contributed by atoms with van der Waals surface area (Å²) in [6.07, 6.45) is 1.81. The highest BCUT2D eigenvalue weighted by atomic mass is 14.6. The van der Waals surface area contributed by atoms with Gasteiger partial charge < -0.3 is 0 Å². The van der Waals surface area contributed by atoms with Crippen molar-refractivity contribution in [3.05, 3.63) is 102 Å². The van der Waals surface area contributed by atoms with Crippen molar-refractivity contribution >= 4 is 10.9 Å². The van der Waals surface area contributed by atoms with E-state index in [0.29, 0.717) is 0 Å². The molecule has 0 amide bonds. The van der Waals surface area contributed by atoms with Crippen LogP contribution in [0.3, 0.4) is 0 Å². The van der Waals surface area contributed by atoms with Gasteiger partial charge in [0.05, 0.1) is 11.1 Å². The number of pyridine rings is 1. The van der Waals surface area contributed by atoms with Gasteiger partial charge in [0.15, 0.2) is 0 Å². The molecule has 1 heteroatoms. The standard InChI is InChI=1S/C23H15N/c1-2-6-19(7-3-1)20-14-11-18(12-15-20)13-16-22-9-4-8-21-10-5-17-24-23(21)22/h1-12,14-15,17H. The van der Waals surface area contributed by atoms with E-state index < -0.39 is 0 Å². The highest BCUT2D eigenvalue weighted by molar-refractivity contribution is 5.84. The summed E-state index contributed by atoms with van der Waals surface area (Å²) in [7, 11) is 0. The molecule has 0 atom stereocenters. The van der Waals surface area contributed by atoms with Crippen LogP contribution in [0.15, 0.2) is 91.1 Å². The summed E-state index contributed by atoms with van der Waals surface area (Å²) >= 11 is 0. The zero-order valence-corrected chi connectivity index (χ0v) is 13.1. The zero-order valence-electron chi connectivity index (χ0n) is 13.1. The summed E-state index contributed by atoms with van der Waals surface area (Å²) in [4.78, 5) is 4.44. The molecule has 0 unspecified atom stereocenters. The Labute approximate surface area is 141 Å². The van der Waals surface area contributed by atoms with Gasteiger partial charge in [-0.15, -0.1) is 0 Å². The van der Waals surface area contributed by atoms with E-state index in [1.54, 1.807) is 0 Å². The third kappa shape index (κ3) is 2.91. The Kier molecular flexibility index (Phi) is 3.80. The minimum atomic E-state index is 0.952. The Morgan fingerprint density at radius 3 is 2.17 bits per heavy atom. The molecule has 1 aromatic heterocycles. The third-order valence-electron chi connectivity index (χ3n) is 3.97. The van der Waals surface area contributed by atoms with Crippen molar-refractivity contribution in [2.45, 2.75) is 0 Å². The minimum absolute atomic E-state index is 0.952. The first-order valence-electron chi connectivity index (χ1n) is 7.91. The van der Waals surface area contributed by atoms with E-state index in [4.69, 9.17) is 0 Å². The summed E-state index contributed by atoms with van der Waals surface area (Å²) in [5.74, 6) is 6.49. The lowest BCUT2D eigenvalue weighted by Gasteiger charge is -2.01. The summed E-state index contributed by atoms with van der Waals surface area (Å²) in [5, 5.41) is 1.11. The van der Waals surface area contributed by atoms with Gasteiger partial charge in [0.2, 0.25) is 0 Å². The number of hydrogen-bond acceptors (Lipinski definition) is 1. The van der Waals surface area contributed by atoms with Gasteiger partial charge in [-0.3, -0.25) is 4.98 Å². The van der Waals surface area contributed by atoms with Crippen LogP contribution < -0.4 is 0 Å². The molecule has 0 fully saturated rings. The summed E-state index contributed by atoms with van der Waals surface area (Å²) < 4.78 is 0. The maximum atomic E-state index is 4.44. The van der Waals surface area contributed by atoms with Gasteiger partial charge in [0, 0.05) is 17.1 Å². The van der Waals surface area contributed by atoms with E-state index in [0.717, 1.165) is 22.0 Å². The molecule has 0 radical (unpaired) electrons. The quantitative estimate of drug-likeness (QED) is 0.435. The van der Waals surface area contributed by atoms with E-state index in [9.17, 15) is 0 Å². The van der Waals surface area contributed by atoms with Gasteiger partial charge in [-0.05, 0) is 35.4 Å². The predicted octanol–water partition coefficient (Wildman–Crippen LogP) is 5.30. The Hall–Kier alpha value is -3.37. The molecule has 3 aromatic carbocycles. The van der Waals surface area contributed by atoms with Crippen molar-refractivity contribution in [2.75, 3.05) is 0 Å². The molecule has 24 heavy (non-hydrogen) atoms. The van der Waals surface area contributed by atoms with Gasteiger partial charge in [0.25, 0.3) is 0 Å². The Bertz CT molecular complexity index is 1030. The Morgan fingerprint density at radius 2 is 1.33 bits per heavy atom. The SMILES string of the molecule is C(#Cc1cccc2cccnc12)c1ccc(-c2ccccc2)cc1. The number of para-hydroxylation sites is 1. The van der Waals surface area contributed by atoms with Crippen molar-refractivity contribution in [3.63, 3.8) is 0 Å². The van der Waals surface area contributed by atoms with Crippen LogP contribution in [-0.2, 0) is 0 Å². The molecule has 4 aromatic rings. The topological polar surface area (TPSA) is 12.9 Å². The predicted molar refractivity (Wildman–Crippen MR) is 99.6 cm³/mol. The van der Waals surface area contributed by atoms with Crippen LogP contribution in [-0.4, -0.2) is 4.98 Å². The number of benzene rings is 3. The first kappa shape index (κ1) is 14.2. The van der Waals surface area contributed by atoms with Gasteiger partial charge in [-0.25, -0.2) is 0 Å². The molecule has 0 spiro atoms. The first-order valence-corrected chi connectivity index (χ1v) is 7.91. The second kappa shape index (κ2) is 6.40. The van der Waals surface area contributed by atoms with Crippen molar-refractivity contribution in [3.8, 4) is 23.0 Å². The molecule has 0 aliphatic carbocycles. The van der Waals surface area contributed by atoms with Crippen molar-refractivity contribution < 1.29 is 0 Å². The van der Waals surface area contributed by atoms with E-state index in [1.165, 1.54) is 11.1 Å². The second-order valence-electron chi connectivity index (χ2n) is 5.57. The molecule has 112 valence electrons. The fraction of sp³-hybridized carbons (Fsp3) is 0. The smallest absolute Gasteiger partial charge is 0.0858 e. The maximum Gasteiger partial charge on any atom is 0.0858 e. The van der Waals surface area contributed by atoms with Crippen molar-refractivity contribution in [1.29, 1.82) is 0 Å². The minimum Gasteiger partial charge on any atom is -0.255 e. The largest absolute Gasteiger partial charge is 0.255 e. The number of aromatic nitrogens is 1. The first-order chi connectivity index (χ1) is 11.9. The van der Waals surface area contributed by atoms with Crippen LogP contribution in [0.25, 0.3) is 22.0 Å². The fourth-order valence-corrected chi connectivity index (χ4v) is 2.72. The average Bonchev–Trinajstić information content (AvgIpc) is 2.67. The zero-order chi connectivity index (χ0) is 16.2. The molecule has 0 aliphatic rings. The van der Waals surface area contributed by atoms with E-state index in [-0.39, 0.29) is 0 Å². The highest BCUT2D eigenvalue weighted by Gasteiger charge is 1.99. The van der Waals surface area contributed by atoms with E-state index >= 15 is 0 Å². The molecular formula is C23H15N. The molecule has 4 rings (SSSR count). The molecule has 1 nitrogen and oxygen atoms in total. The molecule has 0 aliphatic heterocycles. The van der Waals surface area contributed by atoms with E-state index in [1.807, 2.05) is 30.5 Å². The third-order valence-corrected chi connectivity index (χ3v) is 3.97. The van der Waals surface area contributed by atoms with Crippen LogP contribution in [0.2, 0.25) is 0 Å². The number of rotatable bonds is 1. The van der Waals surface area contributed by atoms with Crippen LogP contribution in [0.1, 0.15) is 11.1 Å². The Morgan fingerprint density at radius 1 is 0.583 bits per heavy atom. The van der Waals surface area contributed by atoms with Crippen LogP contribution >= 0.6 is 0 Å². The summed E-state index contributed by atoms with van der Waals surface area (Å²) in [5.41, 5.74) is 5.33. The second-order valence-corrected chi connectivity index (χ2v) is 5.57. The monoisotopic (exact) mass is 305 g/mol. The summed E-state index contributed by atoms with van der Waals surface area (Å²) in [6.45, 7) is 0. The highest BCUT2D eigenvalue weighted by Crippen LogP contribution is 2.19. The van der Waals surface area contributed by atoms with Gasteiger partial charge in [-0.1, -0.05) is 72.5 Å². The maximum absolute atomic E-state index is 4.44. The van der Waals surface area contributed by atoms with E-state index in [2.05, 4.69) is 77.5 Å². The normalized spacial score (nSPS) is 10.2. The van der Waals surface area contributed by atoms with Gasteiger partial charge >= 0.3 is 0 Å². The molecule has 0 bridgehead atoms. The lowest BCUT2D eigenvalue weighted by Crippen LogP contribution is -1.83. The number of nitrogens with zero attached hydrogens (tertiary/aromatic N) is 1. The van der Waals surface area contributed by atoms with Gasteiger partial charge in [0.1, 0.15) is 0 Å². The molecule has 1 heterocycles. The van der Waals surface area contributed by atoms with Gasteiger partial charge in [-0.2, -0.15) is 0 Å². The average molecular weight is 305 g/mol. The summed E-state index contributed by atoms with van der Waals surface area (Å²) in [6, 6.07) is 28.8. The molecule has 0 saturated carbocycles. The number of hydrogen-bond donors (Lipinski definition) is 0. The fourth-order valence-electron chi connectivity index (χ4n) is 2.72. The van der Waals surface area contributed by atoms with Crippen molar-refractivity contribution in [2.24, 2.45) is 0 Å². The lowest BCUT2D eigenvalue weighted by atomic mass is 10.0. The Balaban J connectivity index is 1.66. The van der Waals surface area contributed by atoms with Crippen molar-refractivity contribution in [1.82, 2.24) is 4.98 Å². The molecule has 0 saturated heterocycles. The lowest BCUT2D eigenvalue weighted by molar-refractivity contribution is 1.40. The molecular weight excluding hydrogens is 290 g/mol. The van der Waals surface area contributed by atoms with Crippen LogP contribution in [0, 0.1) is 11.8 Å². The molecule has 0 N–H and O–H groups in total. The van der Waals surface area contributed by atoms with Crippen LogP contribution in [0.5, 0.6) is 0 Å². The number of fused-ring (bicyclic) bond motifs is 1. The van der Waals surface area contributed by atoms with Crippen LogP contribution in [0.4, 0.5) is 0 Å².